The molecule has 18 heavy (non-hydrogen) atoms. The largest absolute Gasteiger partial charge is 0.481 e. The van der Waals surface area contributed by atoms with Gasteiger partial charge in [-0.05, 0) is 30.4 Å². The molecule has 0 saturated heterocycles. The Morgan fingerprint density at radius 3 is 2.67 bits per heavy atom. The summed E-state index contributed by atoms with van der Waals surface area (Å²) in [4.78, 5) is 25.0. The lowest BCUT2D eigenvalue weighted by Crippen LogP contribution is -2.28. The van der Waals surface area contributed by atoms with Crippen molar-refractivity contribution in [2.75, 3.05) is 6.54 Å². The van der Waals surface area contributed by atoms with Crippen molar-refractivity contribution in [3.05, 3.63) is 24.0 Å². The first-order chi connectivity index (χ1) is 8.41. The summed E-state index contributed by atoms with van der Waals surface area (Å²) < 4.78 is 0. The lowest BCUT2D eigenvalue weighted by atomic mass is 9.84. The van der Waals surface area contributed by atoms with E-state index < -0.39 is 5.97 Å². The van der Waals surface area contributed by atoms with Crippen LogP contribution in [0.3, 0.4) is 0 Å². The average Bonchev–Trinajstić information content (AvgIpc) is 2.79. The number of carbonyl (C=O) groups excluding carboxylic acids is 1. The van der Waals surface area contributed by atoms with Crippen LogP contribution in [0.4, 0.5) is 0 Å². The number of aromatic amines is 1. The van der Waals surface area contributed by atoms with Gasteiger partial charge < -0.3 is 15.4 Å². The number of carbonyl (C=O) groups is 2. The van der Waals surface area contributed by atoms with Crippen molar-refractivity contribution in [2.24, 2.45) is 5.41 Å². The zero-order chi connectivity index (χ0) is 13.6. The minimum absolute atomic E-state index is 0.0819. The predicted octanol–water partition coefficient (Wildman–Crippen LogP) is 2.03. The molecule has 0 fully saturated rings. The number of nitrogens with one attached hydrogen (secondary N) is 2. The minimum atomic E-state index is -0.779. The maximum absolute atomic E-state index is 11.6. The molecule has 5 nitrogen and oxygen atoms in total. The van der Waals surface area contributed by atoms with Crippen LogP contribution >= 0.6 is 0 Å². The number of carboxylic acids is 1. The molecule has 1 heterocycles. The second-order valence-corrected chi connectivity index (χ2v) is 5.15. The van der Waals surface area contributed by atoms with Crippen molar-refractivity contribution < 1.29 is 14.7 Å². The van der Waals surface area contributed by atoms with Gasteiger partial charge in [0.2, 0.25) is 0 Å². The quantitative estimate of drug-likeness (QED) is 0.694. The van der Waals surface area contributed by atoms with Crippen molar-refractivity contribution in [1.29, 1.82) is 0 Å². The first-order valence-corrected chi connectivity index (χ1v) is 6.04. The van der Waals surface area contributed by atoms with E-state index in [1.807, 2.05) is 13.8 Å². The van der Waals surface area contributed by atoms with Crippen LogP contribution in [0.15, 0.2) is 18.3 Å². The van der Waals surface area contributed by atoms with Gasteiger partial charge in [-0.2, -0.15) is 0 Å². The molecule has 0 aromatic carbocycles. The molecule has 0 aliphatic carbocycles. The van der Waals surface area contributed by atoms with E-state index in [-0.39, 0.29) is 17.7 Å². The minimum Gasteiger partial charge on any atom is -0.481 e. The van der Waals surface area contributed by atoms with E-state index in [9.17, 15) is 9.59 Å². The maximum Gasteiger partial charge on any atom is 0.303 e. The second kappa shape index (κ2) is 6.23. The molecule has 1 aromatic heterocycles. The lowest BCUT2D eigenvalue weighted by Gasteiger charge is -2.23. The van der Waals surface area contributed by atoms with Gasteiger partial charge >= 0.3 is 5.97 Å². The third kappa shape index (κ3) is 5.03. The van der Waals surface area contributed by atoms with Crippen molar-refractivity contribution in [3.8, 4) is 0 Å². The molecule has 0 bridgehead atoms. The molecule has 0 aliphatic heterocycles. The predicted molar refractivity (Wildman–Crippen MR) is 68.4 cm³/mol. The molecule has 1 rings (SSSR count). The number of hydrogen-bond donors (Lipinski definition) is 3. The highest BCUT2D eigenvalue weighted by Crippen LogP contribution is 2.25. The number of carboxylic acid groups (broad SMARTS) is 1. The van der Waals surface area contributed by atoms with E-state index in [0.29, 0.717) is 18.7 Å². The molecule has 1 aromatic rings. The summed E-state index contributed by atoms with van der Waals surface area (Å²) in [5, 5.41) is 11.5. The Labute approximate surface area is 107 Å². The first kappa shape index (κ1) is 14.3. The van der Waals surface area contributed by atoms with E-state index in [2.05, 4.69) is 10.3 Å². The van der Waals surface area contributed by atoms with Gasteiger partial charge in [0.15, 0.2) is 0 Å². The summed E-state index contributed by atoms with van der Waals surface area (Å²) >= 11 is 0. The van der Waals surface area contributed by atoms with Crippen LogP contribution in [-0.2, 0) is 4.79 Å². The highest BCUT2D eigenvalue weighted by molar-refractivity contribution is 5.92. The zero-order valence-corrected chi connectivity index (χ0v) is 10.8. The van der Waals surface area contributed by atoms with Gasteiger partial charge in [-0.15, -0.1) is 0 Å². The molecule has 5 heteroatoms. The standard InChI is InChI=1S/C13H20N2O3/c1-13(2,6-5-11(16)17)7-9-15-12(18)10-4-3-8-14-10/h3-4,8,14H,5-7,9H2,1-2H3,(H,15,18)(H,16,17). The highest BCUT2D eigenvalue weighted by Gasteiger charge is 2.19. The summed E-state index contributed by atoms with van der Waals surface area (Å²) in [6, 6.07) is 3.48. The normalized spacial score (nSPS) is 11.2. The summed E-state index contributed by atoms with van der Waals surface area (Å²) in [5.41, 5.74) is 0.458. The summed E-state index contributed by atoms with van der Waals surface area (Å²) in [6.07, 6.45) is 3.23. The maximum atomic E-state index is 11.6. The molecule has 0 atom stereocenters. The average molecular weight is 252 g/mol. The van der Waals surface area contributed by atoms with Crippen molar-refractivity contribution in [1.82, 2.24) is 10.3 Å². The van der Waals surface area contributed by atoms with Crippen LogP contribution in [0.25, 0.3) is 0 Å². The van der Waals surface area contributed by atoms with E-state index >= 15 is 0 Å². The molecule has 3 N–H and O–H groups in total. The van der Waals surface area contributed by atoms with Crippen molar-refractivity contribution >= 4 is 11.9 Å². The number of hydrogen-bond acceptors (Lipinski definition) is 2. The monoisotopic (exact) mass is 252 g/mol. The van der Waals surface area contributed by atoms with Gasteiger partial charge in [0.1, 0.15) is 5.69 Å². The Bertz CT molecular complexity index is 396. The number of aliphatic carboxylic acids is 1. The Morgan fingerprint density at radius 2 is 2.11 bits per heavy atom. The SMILES string of the molecule is CC(C)(CCNC(=O)c1ccc[nH]1)CCC(=O)O. The Balaban J connectivity index is 2.28. The fraction of sp³-hybridized carbons (Fsp3) is 0.538. The van der Waals surface area contributed by atoms with E-state index in [0.717, 1.165) is 6.42 Å². The molecule has 0 saturated carbocycles. The molecular formula is C13H20N2O3. The summed E-state index contributed by atoms with van der Waals surface area (Å²) in [7, 11) is 0. The summed E-state index contributed by atoms with van der Waals surface area (Å²) in [5.74, 6) is -0.910. The van der Waals surface area contributed by atoms with Crippen molar-refractivity contribution in [2.45, 2.75) is 33.1 Å². The first-order valence-electron chi connectivity index (χ1n) is 6.04. The Hall–Kier alpha value is -1.78. The van der Waals surface area contributed by atoms with Crippen LogP contribution in [-0.4, -0.2) is 28.5 Å². The van der Waals surface area contributed by atoms with Crippen LogP contribution in [0.5, 0.6) is 0 Å². The number of rotatable bonds is 7. The Morgan fingerprint density at radius 1 is 1.39 bits per heavy atom. The van der Waals surface area contributed by atoms with E-state index in [1.54, 1.807) is 18.3 Å². The smallest absolute Gasteiger partial charge is 0.303 e. The topological polar surface area (TPSA) is 82.2 Å². The van der Waals surface area contributed by atoms with Crippen LogP contribution < -0.4 is 5.32 Å². The second-order valence-electron chi connectivity index (χ2n) is 5.15. The molecule has 0 unspecified atom stereocenters. The van der Waals surface area contributed by atoms with E-state index in [4.69, 9.17) is 5.11 Å². The van der Waals surface area contributed by atoms with Crippen molar-refractivity contribution in [3.63, 3.8) is 0 Å². The fourth-order valence-corrected chi connectivity index (χ4v) is 1.65. The highest BCUT2D eigenvalue weighted by atomic mass is 16.4. The van der Waals surface area contributed by atoms with Gasteiger partial charge in [-0.3, -0.25) is 9.59 Å². The van der Waals surface area contributed by atoms with Gasteiger partial charge in [-0.1, -0.05) is 13.8 Å². The third-order valence-corrected chi connectivity index (χ3v) is 2.95. The zero-order valence-electron chi connectivity index (χ0n) is 10.8. The van der Waals surface area contributed by atoms with E-state index in [1.165, 1.54) is 0 Å². The van der Waals surface area contributed by atoms with Gasteiger partial charge in [0.25, 0.3) is 5.91 Å². The number of aromatic nitrogens is 1. The number of H-pyrrole nitrogens is 1. The van der Waals surface area contributed by atoms with Gasteiger partial charge in [0.05, 0.1) is 0 Å². The Kier molecular flexibility index (Phi) is 4.95. The molecule has 0 radical (unpaired) electrons. The third-order valence-electron chi connectivity index (χ3n) is 2.95. The van der Waals surface area contributed by atoms with Crippen LogP contribution in [0, 0.1) is 5.41 Å². The summed E-state index contributed by atoms with van der Waals surface area (Å²) in [6.45, 7) is 4.57. The molecule has 0 aliphatic rings. The number of amides is 1. The fourth-order valence-electron chi connectivity index (χ4n) is 1.65. The van der Waals surface area contributed by atoms with Gasteiger partial charge in [0, 0.05) is 19.2 Å². The molecule has 100 valence electrons. The molecular weight excluding hydrogens is 232 g/mol. The van der Waals surface area contributed by atoms with Crippen LogP contribution in [0.1, 0.15) is 43.6 Å². The van der Waals surface area contributed by atoms with Crippen LogP contribution in [0.2, 0.25) is 0 Å². The molecule has 1 amide bonds. The van der Waals surface area contributed by atoms with Gasteiger partial charge in [-0.25, -0.2) is 0 Å². The lowest BCUT2D eigenvalue weighted by molar-refractivity contribution is -0.137. The molecule has 0 spiro atoms.